The molecule has 0 saturated carbocycles. The number of hydrogen-bond donors (Lipinski definition) is 1. The van der Waals surface area contributed by atoms with E-state index in [0.717, 1.165) is 21.8 Å². The fourth-order valence-corrected chi connectivity index (χ4v) is 3.78. The second-order valence-corrected chi connectivity index (χ2v) is 6.94. The van der Waals surface area contributed by atoms with Crippen LogP contribution in [0, 0.1) is 5.82 Å². The largest absolute Gasteiger partial charge is 0.493 e. The summed E-state index contributed by atoms with van der Waals surface area (Å²) in [4.78, 5) is 5.65. The van der Waals surface area contributed by atoms with E-state index in [9.17, 15) is 4.39 Å². The Morgan fingerprint density at radius 1 is 1.40 bits per heavy atom. The van der Waals surface area contributed by atoms with Crippen molar-refractivity contribution in [3.05, 3.63) is 60.2 Å². The van der Waals surface area contributed by atoms with Gasteiger partial charge in [-0.2, -0.15) is 5.10 Å². The second kappa shape index (κ2) is 6.40. The highest BCUT2D eigenvalue weighted by molar-refractivity contribution is 7.99. The first-order valence-electron chi connectivity index (χ1n) is 7.97. The number of nitrogens with zero attached hydrogens (tertiary/aromatic N) is 3. The topological polar surface area (TPSA) is 51.5 Å². The Labute approximate surface area is 148 Å². The molecule has 0 fully saturated rings. The van der Waals surface area contributed by atoms with Crippen molar-refractivity contribution in [3.8, 4) is 0 Å². The van der Waals surface area contributed by atoms with Crippen LogP contribution in [0.25, 0.3) is 11.4 Å². The fourth-order valence-electron chi connectivity index (χ4n) is 2.83. The van der Waals surface area contributed by atoms with Gasteiger partial charge >= 0.3 is 0 Å². The lowest BCUT2D eigenvalue weighted by molar-refractivity contribution is 0.303. The molecule has 3 heterocycles. The number of anilines is 1. The van der Waals surface area contributed by atoms with Crippen molar-refractivity contribution in [2.24, 2.45) is 0 Å². The maximum Gasteiger partial charge on any atom is 0.168 e. The fraction of sp³-hybridized carbons (Fsp3) is 0.222. The van der Waals surface area contributed by atoms with Crippen LogP contribution in [0.4, 0.5) is 10.2 Å². The molecule has 0 radical (unpaired) electrons. The summed E-state index contributed by atoms with van der Waals surface area (Å²) in [7, 11) is 0. The minimum absolute atomic E-state index is 0.0932. The smallest absolute Gasteiger partial charge is 0.168 e. The maximum atomic E-state index is 13.8. The van der Waals surface area contributed by atoms with Gasteiger partial charge in [0, 0.05) is 16.8 Å². The highest BCUT2D eigenvalue weighted by Gasteiger charge is 2.16. The molecule has 25 heavy (non-hydrogen) atoms. The Morgan fingerprint density at radius 2 is 2.28 bits per heavy atom. The molecule has 2 bridgehead atoms. The van der Waals surface area contributed by atoms with Crippen LogP contribution in [-0.2, 0) is 4.74 Å². The molecule has 7 heteroatoms. The number of hydrogen-bond acceptors (Lipinski definition) is 5. The van der Waals surface area contributed by atoms with E-state index >= 15 is 0 Å². The van der Waals surface area contributed by atoms with E-state index in [0.29, 0.717) is 23.8 Å². The SMILES string of the molecule is C=C1OCCSc2ccc(F)cc2[C@@H](C)Nc2ccn3ncc1c3n2. The molecule has 3 aromatic rings. The van der Waals surface area contributed by atoms with E-state index in [4.69, 9.17) is 4.74 Å². The highest BCUT2D eigenvalue weighted by atomic mass is 32.2. The number of fused-ring (bicyclic) bond motifs is 2. The zero-order valence-electron chi connectivity index (χ0n) is 13.7. The summed E-state index contributed by atoms with van der Waals surface area (Å²) >= 11 is 1.64. The van der Waals surface area contributed by atoms with Crippen LogP contribution in [0.5, 0.6) is 0 Å². The molecule has 2 aromatic heterocycles. The van der Waals surface area contributed by atoms with Crippen LogP contribution < -0.4 is 5.32 Å². The number of halogens is 1. The number of benzene rings is 1. The van der Waals surface area contributed by atoms with Crippen molar-refractivity contribution in [2.75, 3.05) is 17.7 Å². The second-order valence-electron chi connectivity index (χ2n) is 5.81. The van der Waals surface area contributed by atoms with E-state index < -0.39 is 0 Å². The predicted octanol–water partition coefficient (Wildman–Crippen LogP) is 4.13. The first-order valence-corrected chi connectivity index (χ1v) is 8.95. The third-order valence-electron chi connectivity index (χ3n) is 4.09. The van der Waals surface area contributed by atoms with E-state index in [1.54, 1.807) is 28.5 Å². The lowest BCUT2D eigenvalue weighted by atomic mass is 10.1. The van der Waals surface area contributed by atoms with E-state index in [2.05, 4.69) is 22.0 Å². The van der Waals surface area contributed by atoms with Crippen LogP contribution in [0.2, 0.25) is 0 Å². The monoisotopic (exact) mass is 356 g/mol. The van der Waals surface area contributed by atoms with Gasteiger partial charge in [-0.25, -0.2) is 13.9 Å². The number of aromatic nitrogens is 3. The van der Waals surface area contributed by atoms with Gasteiger partial charge in [-0.1, -0.05) is 6.58 Å². The van der Waals surface area contributed by atoms with Gasteiger partial charge in [0.25, 0.3) is 0 Å². The van der Waals surface area contributed by atoms with Gasteiger partial charge < -0.3 is 10.1 Å². The Hall–Kier alpha value is -2.54. The quantitative estimate of drug-likeness (QED) is 0.656. The summed E-state index contributed by atoms with van der Waals surface area (Å²) < 4.78 is 21.2. The van der Waals surface area contributed by atoms with E-state index in [1.165, 1.54) is 6.07 Å². The van der Waals surface area contributed by atoms with Crippen molar-refractivity contribution in [1.82, 2.24) is 14.6 Å². The van der Waals surface area contributed by atoms with Gasteiger partial charge in [-0.3, -0.25) is 0 Å². The standard InChI is InChI=1S/C18H17FN4OS/c1-11-14-9-13(19)3-4-16(14)25-8-7-24-12(2)15-10-20-23-6-5-17(21-11)22-18(15)23/h3-6,9-11H,2,7-8H2,1H3,(H,21,22)/t11-/m1/s1. The predicted molar refractivity (Wildman–Crippen MR) is 97.1 cm³/mol. The van der Waals surface area contributed by atoms with Gasteiger partial charge in [-0.05, 0) is 36.8 Å². The van der Waals surface area contributed by atoms with Crippen molar-refractivity contribution in [3.63, 3.8) is 0 Å². The average molecular weight is 356 g/mol. The van der Waals surface area contributed by atoms with Crippen molar-refractivity contribution in [1.29, 1.82) is 0 Å². The van der Waals surface area contributed by atoms with Crippen LogP contribution in [-0.4, -0.2) is 27.0 Å². The molecule has 1 aromatic carbocycles. The van der Waals surface area contributed by atoms with Crippen LogP contribution in [0.3, 0.4) is 0 Å². The molecule has 0 aliphatic carbocycles. The zero-order chi connectivity index (χ0) is 17.4. The molecule has 4 rings (SSSR count). The molecule has 0 amide bonds. The molecule has 128 valence electrons. The van der Waals surface area contributed by atoms with Gasteiger partial charge in [0.15, 0.2) is 5.65 Å². The molecule has 0 unspecified atom stereocenters. The Bertz CT molecular complexity index is 955. The van der Waals surface area contributed by atoms with Gasteiger partial charge in [0.2, 0.25) is 0 Å². The summed E-state index contributed by atoms with van der Waals surface area (Å²) in [5, 5.41) is 7.63. The van der Waals surface area contributed by atoms with E-state index in [-0.39, 0.29) is 11.9 Å². The normalized spacial score (nSPS) is 17.8. The first-order chi connectivity index (χ1) is 12.1. The highest BCUT2D eigenvalue weighted by Crippen LogP contribution is 2.31. The Kier molecular flexibility index (Phi) is 4.09. The Balaban J connectivity index is 1.80. The lowest BCUT2D eigenvalue weighted by Gasteiger charge is -2.18. The maximum absolute atomic E-state index is 13.8. The lowest BCUT2D eigenvalue weighted by Crippen LogP contribution is -2.10. The van der Waals surface area contributed by atoms with Crippen molar-refractivity contribution < 1.29 is 9.13 Å². The van der Waals surface area contributed by atoms with Gasteiger partial charge in [-0.15, -0.1) is 11.8 Å². The minimum Gasteiger partial charge on any atom is -0.493 e. The third kappa shape index (κ3) is 3.07. The summed E-state index contributed by atoms with van der Waals surface area (Å²) in [5.74, 6) is 1.73. The van der Waals surface area contributed by atoms with Crippen LogP contribution in [0.15, 0.2) is 48.1 Å². The number of nitrogens with one attached hydrogen (secondary N) is 1. The van der Waals surface area contributed by atoms with Crippen molar-refractivity contribution in [2.45, 2.75) is 17.9 Å². The average Bonchev–Trinajstić information content (AvgIpc) is 3.02. The molecular formula is C18H17FN4OS. The molecule has 1 atom stereocenters. The number of thioether (sulfide) groups is 1. The Morgan fingerprint density at radius 3 is 3.16 bits per heavy atom. The first kappa shape index (κ1) is 16.0. The minimum atomic E-state index is -0.247. The van der Waals surface area contributed by atoms with Crippen LogP contribution in [0.1, 0.15) is 24.1 Å². The summed E-state index contributed by atoms with van der Waals surface area (Å²) in [6.07, 6.45) is 3.53. The van der Waals surface area contributed by atoms with E-state index in [1.807, 2.05) is 25.3 Å². The molecule has 1 aliphatic heterocycles. The molecule has 0 spiro atoms. The molecular weight excluding hydrogens is 339 g/mol. The van der Waals surface area contributed by atoms with Crippen LogP contribution >= 0.6 is 11.8 Å². The summed E-state index contributed by atoms with van der Waals surface area (Å²) in [6.45, 7) is 6.49. The molecule has 1 N–H and O–H groups in total. The molecule has 5 nitrogen and oxygen atoms in total. The number of rotatable bonds is 0. The molecule has 0 saturated heterocycles. The van der Waals surface area contributed by atoms with Gasteiger partial charge in [0.1, 0.15) is 17.4 Å². The zero-order valence-corrected chi connectivity index (χ0v) is 14.5. The summed E-state index contributed by atoms with van der Waals surface area (Å²) in [5.41, 5.74) is 2.34. The molecule has 1 aliphatic rings. The third-order valence-corrected chi connectivity index (χ3v) is 5.14. The number of ether oxygens (including phenoxy) is 1. The summed E-state index contributed by atoms with van der Waals surface area (Å²) in [6, 6.07) is 6.62. The van der Waals surface area contributed by atoms with Gasteiger partial charge in [0.05, 0.1) is 24.4 Å². The van der Waals surface area contributed by atoms with Crippen molar-refractivity contribution >= 4 is 29.0 Å².